The van der Waals surface area contributed by atoms with Crippen molar-refractivity contribution in [3.05, 3.63) is 0 Å². The summed E-state index contributed by atoms with van der Waals surface area (Å²) in [5.74, 6) is 4.19. The molecule has 0 amide bonds. The molecule has 0 aromatic heterocycles. The van der Waals surface area contributed by atoms with E-state index in [-0.39, 0.29) is 0 Å². The third-order valence-electron chi connectivity index (χ3n) is 4.62. The predicted octanol–water partition coefficient (Wildman–Crippen LogP) is 1.37. The van der Waals surface area contributed by atoms with Crippen molar-refractivity contribution < 1.29 is 9.47 Å². The maximum absolute atomic E-state index is 5.71. The molecule has 1 aliphatic carbocycles. The van der Waals surface area contributed by atoms with E-state index < -0.39 is 0 Å². The molecular formula is C13H23N3O2S3. The fraction of sp³-hybridized carbons (Fsp3) is 1.00. The van der Waals surface area contributed by atoms with Crippen LogP contribution in [0.25, 0.3) is 0 Å². The maximum atomic E-state index is 5.71. The topological polar surface area (TPSA) is 54.5 Å². The van der Waals surface area contributed by atoms with Crippen molar-refractivity contribution in [3.8, 4) is 0 Å². The highest BCUT2D eigenvalue weighted by molar-refractivity contribution is 8.17. The van der Waals surface area contributed by atoms with Gasteiger partial charge in [-0.3, -0.25) is 0 Å². The van der Waals surface area contributed by atoms with Crippen LogP contribution in [0.2, 0.25) is 0 Å². The van der Waals surface area contributed by atoms with E-state index in [1.807, 2.05) is 23.5 Å². The Morgan fingerprint density at radius 2 is 2.10 bits per heavy atom. The number of thioether (sulfide) groups is 3. The second-order valence-electron chi connectivity index (χ2n) is 6.02. The zero-order valence-electron chi connectivity index (χ0n) is 12.0. The molecule has 6 atom stereocenters. The Hall–Kier alpha value is 0.850. The van der Waals surface area contributed by atoms with E-state index in [9.17, 15) is 0 Å². The summed E-state index contributed by atoms with van der Waals surface area (Å²) >= 11 is 6.07. The lowest BCUT2D eigenvalue weighted by atomic mass is 9.85. The van der Waals surface area contributed by atoms with E-state index >= 15 is 0 Å². The highest BCUT2D eigenvalue weighted by Crippen LogP contribution is 2.39. The first-order valence-electron chi connectivity index (χ1n) is 7.71. The number of nitrogens with one attached hydrogen (secondary N) is 3. The molecule has 8 heteroatoms. The summed E-state index contributed by atoms with van der Waals surface area (Å²) in [5.41, 5.74) is 6.46. The van der Waals surface area contributed by atoms with Crippen molar-refractivity contribution in [3.63, 3.8) is 0 Å². The van der Waals surface area contributed by atoms with Gasteiger partial charge in [0.1, 0.15) is 11.5 Å². The van der Waals surface area contributed by atoms with Gasteiger partial charge in [0.2, 0.25) is 0 Å². The fourth-order valence-electron chi connectivity index (χ4n) is 3.48. The van der Waals surface area contributed by atoms with E-state index in [0.717, 1.165) is 11.8 Å². The van der Waals surface area contributed by atoms with E-state index in [1.165, 1.54) is 30.8 Å². The highest BCUT2D eigenvalue weighted by Gasteiger charge is 2.40. The highest BCUT2D eigenvalue weighted by atomic mass is 32.2. The Morgan fingerprint density at radius 3 is 3.00 bits per heavy atom. The van der Waals surface area contributed by atoms with Crippen LogP contribution in [0, 0.1) is 5.92 Å². The van der Waals surface area contributed by atoms with Gasteiger partial charge >= 0.3 is 0 Å². The van der Waals surface area contributed by atoms with Crippen LogP contribution in [-0.4, -0.2) is 52.5 Å². The number of hydrogen-bond acceptors (Lipinski definition) is 8. The molecule has 1 saturated carbocycles. The molecule has 4 fully saturated rings. The quantitative estimate of drug-likeness (QED) is 0.704. The molecule has 0 aromatic carbocycles. The first-order chi connectivity index (χ1) is 10.4. The molecule has 5 nitrogen and oxygen atoms in total. The van der Waals surface area contributed by atoms with Gasteiger partial charge in [0.05, 0.1) is 23.5 Å². The molecule has 4 rings (SSSR count). The second-order valence-corrected chi connectivity index (χ2v) is 9.72. The average molecular weight is 350 g/mol. The predicted molar refractivity (Wildman–Crippen MR) is 90.1 cm³/mol. The first kappa shape index (κ1) is 15.4. The molecule has 6 unspecified atom stereocenters. The summed E-state index contributed by atoms with van der Waals surface area (Å²) in [6, 6.07) is 0.645. The van der Waals surface area contributed by atoms with Gasteiger partial charge < -0.3 is 14.8 Å². The first-order valence-corrected chi connectivity index (χ1v) is 10.9. The van der Waals surface area contributed by atoms with Crippen LogP contribution < -0.4 is 16.2 Å². The van der Waals surface area contributed by atoms with Gasteiger partial charge in [-0.25, -0.2) is 10.9 Å². The van der Waals surface area contributed by atoms with Crippen LogP contribution in [0.4, 0.5) is 0 Å². The van der Waals surface area contributed by atoms with Crippen LogP contribution in [0.5, 0.6) is 0 Å². The lowest BCUT2D eigenvalue weighted by Gasteiger charge is -2.33. The third kappa shape index (κ3) is 3.68. The lowest BCUT2D eigenvalue weighted by Crippen LogP contribution is -2.41. The van der Waals surface area contributed by atoms with Crippen molar-refractivity contribution in [1.82, 2.24) is 16.2 Å². The van der Waals surface area contributed by atoms with Crippen molar-refractivity contribution >= 4 is 35.3 Å². The monoisotopic (exact) mass is 349 g/mol. The summed E-state index contributed by atoms with van der Waals surface area (Å²) in [6.45, 7) is 0.507. The summed E-state index contributed by atoms with van der Waals surface area (Å²) in [4.78, 5) is 0. The molecule has 0 spiro atoms. The zero-order valence-corrected chi connectivity index (χ0v) is 14.4. The Balaban J connectivity index is 1.22. The molecule has 120 valence electrons. The summed E-state index contributed by atoms with van der Waals surface area (Å²) in [5, 5.41) is 4.47. The third-order valence-corrected chi connectivity index (χ3v) is 8.66. The average Bonchev–Trinajstić information content (AvgIpc) is 3.25. The van der Waals surface area contributed by atoms with E-state index in [0.29, 0.717) is 35.1 Å². The SMILES string of the molecule is C1OC2CCC(C3NC(CSC4NNCS4)CS3)CC2O1. The molecule has 0 bridgehead atoms. The Labute approximate surface area is 138 Å². The van der Waals surface area contributed by atoms with Gasteiger partial charge in [0.15, 0.2) is 0 Å². The molecule has 3 N–H and O–H groups in total. The van der Waals surface area contributed by atoms with E-state index in [4.69, 9.17) is 9.47 Å². The molecule has 3 saturated heterocycles. The normalized spacial score (nSPS) is 46.9. The Bertz CT molecular complexity index is 360. The minimum absolute atomic E-state index is 0.352. The van der Waals surface area contributed by atoms with Crippen LogP contribution in [0.3, 0.4) is 0 Å². The molecule has 4 aliphatic rings. The second kappa shape index (κ2) is 7.17. The zero-order chi connectivity index (χ0) is 14.1. The van der Waals surface area contributed by atoms with Gasteiger partial charge in [0, 0.05) is 17.5 Å². The summed E-state index contributed by atoms with van der Waals surface area (Å²) in [6.07, 6.45) is 4.33. The number of ether oxygens (including phenoxy) is 2. The number of hydrogen-bond donors (Lipinski definition) is 3. The van der Waals surface area contributed by atoms with Crippen LogP contribution >= 0.6 is 35.3 Å². The van der Waals surface area contributed by atoms with Crippen molar-refractivity contribution in [2.45, 2.75) is 47.6 Å². The minimum Gasteiger partial charge on any atom is -0.349 e. The summed E-state index contributed by atoms with van der Waals surface area (Å²) < 4.78 is 11.8. The van der Waals surface area contributed by atoms with Crippen LogP contribution in [-0.2, 0) is 9.47 Å². The van der Waals surface area contributed by atoms with Gasteiger partial charge in [-0.05, 0) is 25.2 Å². The van der Waals surface area contributed by atoms with Gasteiger partial charge in [-0.2, -0.15) is 0 Å². The minimum atomic E-state index is 0.352. The number of hydrazine groups is 1. The fourth-order valence-corrected chi connectivity index (χ4v) is 7.19. The van der Waals surface area contributed by atoms with E-state index in [2.05, 4.69) is 27.9 Å². The van der Waals surface area contributed by atoms with Crippen LogP contribution in [0.1, 0.15) is 19.3 Å². The molecule has 3 heterocycles. The lowest BCUT2D eigenvalue weighted by molar-refractivity contribution is 0.0387. The molecule has 21 heavy (non-hydrogen) atoms. The van der Waals surface area contributed by atoms with Crippen LogP contribution in [0.15, 0.2) is 0 Å². The maximum Gasteiger partial charge on any atom is 0.147 e. The number of rotatable bonds is 4. The van der Waals surface area contributed by atoms with E-state index in [1.54, 1.807) is 0 Å². The molecule has 0 aromatic rings. The molecule has 0 radical (unpaired) electrons. The molecular weight excluding hydrogens is 326 g/mol. The van der Waals surface area contributed by atoms with Crippen molar-refractivity contribution in [2.75, 3.05) is 24.2 Å². The smallest absolute Gasteiger partial charge is 0.147 e. The Kier molecular flexibility index (Phi) is 5.25. The Morgan fingerprint density at radius 1 is 1.14 bits per heavy atom. The van der Waals surface area contributed by atoms with Gasteiger partial charge in [-0.15, -0.1) is 35.3 Å². The largest absolute Gasteiger partial charge is 0.349 e. The number of fused-ring (bicyclic) bond motifs is 1. The molecule has 3 aliphatic heterocycles. The van der Waals surface area contributed by atoms with Gasteiger partial charge in [-0.1, -0.05) is 0 Å². The summed E-state index contributed by atoms with van der Waals surface area (Å²) in [7, 11) is 0. The van der Waals surface area contributed by atoms with Crippen molar-refractivity contribution in [2.24, 2.45) is 5.92 Å². The standard InChI is InChI=1S/C13H23N3O2S3/c1-2-10-11(18-7-17-10)3-8(1)12-15-9(4-19-12)5-20-13-16-14-6-21-13/h8-16H,1-7H2. The van der Waals surface area contributed by atoms with Gasteiger partial charge in [0.25, 0.3) is 0 Å². The van der Waals surface area contributed by atoms with Crippen molar-refractivity contribution in [1.29, 1.82) is 0 Å².